The summed E-state index contributed by atoms with van der Waals surface area (Å²) in [5.74, 6) is 1.34. The second kappa shape index (κ2) is 4.87. The van der Waals surface area contributed by atoms with Gasteiger partial charge in [-0.25, -0.2) is 0 Å². The van der Waals surface area contributed by atoms with E-state index >= 15 is 0 Å². The van der Waals surface area contributed by atoms with E-state index in [9.17, 15) is 4.79 Å². The maximum absolute atomic E-state index is 13.0. The first-order valence-electron chi connectivity index (χ1n) is 8.89. The Morgan fingerprint density at radius 2 is 1.88 bits per heavy atom. The zero-order valence-corrected chi connectivity index (χ0v) is 15.5. The van der Waals surface area contributed by atoms with E-state index < -0.39 is 11.0 Å². The molecule has 0 amide bonds. The van der Waals surface area contributed by atoms with Crippen molar-refractivity contribution >= 4 is 17.3 Å². The highest BCUT2D eigenvalue weighted by Crippen LogP contribution is 2.49. The van der Waals surface area contributed by atoms with Gasteiger partial charge in [0, 0.05) is 5.69 Å². The molecule has 0 atom stereocenters. The smallest absolute Gasteiger partial charge is 0.175 e. The number of nitrogens with zero attached hydrogens (tertiary/aromatic N) is 1. The van der Waals surface area contributed by atoms with E-state index in [1.165, 1.54) is 11.1 Å². The molecular weight excluding hydrogens is 314 g/mol. The number of rotatable bonds is 1. The normalized spacial score (nSPS) is 20.1. The second-order valence-electron chi connectivity index (χ2n) is 8.36. The zero-order chi connectivity index (χ0) is 18.1. The molecule has 25 heavy (non-hydrogen) atoms. The van der Waals surface area contributed by atoms with Gasteiger partial charge in [0.05, 0.1) is 16.5 Å². The van der Waals surface area contributed by atoms with Crippen LogP contribution >= 0.6 is 0 Å². The summed E-state index contributed by atoms with van der Waals surface area (Å²) in [4.78, 5) is 13.0. The lowest BCUT2D eigenvalue weighted by Gasteiger charge is -2.43. The fourth-order valence-corrected chi connectivity index (χ4v) is 4.63. The SMILES string of the molecule is Cc1onc(N)c1-c1cc2c(c3c1CCC3)NC(C)(C)C(=O)C2(C)C. The maximum atomic E-state index is 13.0. The number of aromatic nitrogens is 1. The molecule has 0 radical (unpaired) electrons. The van der Waals surface area contributed by atoms with Crippen LogP contribution in [0.3, 0.4) is 0 Å². The van der Waals surface area contributed by atoms with Gasteiger partial charge in [-0.2, -0.15) is 0 Å². The van der Waals surface area contributed by atoms with E-state index in [1.807, 2.05) is 34.6 Å². The third kappa shape index (κ3) is 2.08. The molecule has 1 aliphatic heterocycles. The summed E-state index contributed by atoms with van der Waals surface area (Å²) in [6.07, 6.45) is 3.14. The van der Waals surface area contributed by atoms with Gasteiger partial charge in [0.25, 0.3) is 0 Å². The van der Waals surface area contributed by atoms with Crippen molar-refractivity contribution in [3.8, 4) is 11.1 Å². The van der Waals surface area contributed by atoms with Crippen molar-refractivity contribution in [1.29, 1.82) is 0 Å². The third-order valence-electron chi connectivity index (χ3n) is 5.81. The third-order valence-corrected chi connectivity index (χ3v) is 5.81. The number of benzene rings is 1. The number of ketones is 1. The van der Waals surface area contributed by atoms with Gasteiger partial charge < -0.3 is 15.6 Å². The Morgan fingerprint density at radius 3 is 2.52 bits per heavy atom. The molecule has 2 aliphatic rings. The van der Waals surface area contributed by atoms with Crippen LogP contribution in [0.2, 0.25) is 0 Å². The van der Waals surface area contributed by atoms with Crippen LogP contribution in [0.25, 0.3) is 11.1 Å². The average molecular weight is 339 g/mol. The van der Waals surface area contributed by atoms with Crippen molar-refractivity contribution in [1.82, 2.24) is 5.16 Å². The standard InChI is InChI=1S/C20H25N3O2/c1-10-15(17(21)23-25-10)13-9-14-16(12-8-6-7-11(12)13)22-20(4,5)18(24)19(14,2)3/h9,22H,6-8H2,1-5H3,(H2,21,23). The number of nitrogens with two attached hydrogens (primary N) is 1. The molecule has 1 aliphatic carbocycles. The van der Waals surface area contributed by atoms with Crippen molar-refractivity contribution in [2.45, 2.75) is 64.8 Å². The van der Waals surface area contributed by atoms with Crippen LogP contribution in [-0.4, -0.2) is 16.5 Å². The second-order valence-corrected chi connectivity index (χ2v) is 8.36. The highest BCUT2D eigenvalue weighted by Gasteiger charge is 2.47. The fourth-order valence-electron chi connectivity index (χ4n) is 4.63. The van der Waals surface area contributed by atoms with E-state index in [0.717, 1.165) is 47.4 Å². The number of anilines is 2. The molecule has 4 rings (SSSR count). The highest BCUT2D eigenvalue weighted by molar-refractivity contribution is 6.04. The quantitative estimate of drug-likeness (QED) is 0.826. The Kier molecular flexibility index (Phi) is 3.15. The van der Waals surface area contributed by atoms with Crippen LogP contribution in [0.15, 0.2) is 10.6 Å². The first kappa shape index (κ1) is 16.2. The summed E-state index contributed by atoms with van der Waals surface area (Å²) in [5.41, 5.74) is 11.7. The van der Waals surface area contributed by atoms with Gasteiger partial charge in [-0.05, 0) is 82.2 Å². The zero-order valence-electron chi connectivity index (χ0n) is 15.5. The lowest BCUT2D eigenvalue weighted by atomic mass is 9.68. The van der Waals surface area contributed by atoms with Crippen molar-refractivity contribution in [2.75, 3.05) is 11.1 Å². The largest absolute Gasteiger partial charge is 0.380 e. The monoisotopic (exact) mass is 339 g/mol. The number of hydrogen-bond donors (Lipinski definition) is 2. The number of fused-ring (bicyclic) bond motifs is 3. The van der Waals surface area contributed by atoms with Crippen LogP contribution in [0.4, 0.5) is 11.5 Å². The molecule has 3 N–H and O–H groups in total. The number of aryl methyl sites for hydroxylation is 1. The summed E-state index contributed by atoms with van der Waals surface area (Å²) in [6, 6.07) is 2.13. The van der Waals surface area contributed by atoms with Crippen molar-refractivity contribution in [2.24, 2.45) is 0 Å². The minimum Gasteiger partial charge on any atom is -0.380 e. The summed E-state index contributed by atoms with van der Waals surface area (Å²) >= 11 is 0. The number of carbonyl (C=O) groups excluding carboxylic acids is 1. The van der Waals surface area contributed by atoms with Gasteiger partial charge in [-0.15, -0.1) is 0 Å². The van der Waals surface area contributed by atoms with E-state index in [1.54, 1.807) is 0 Å². The van der Waals surface area contributed by atoms with Crippen LogP contribution in [0.1, 0.15) is 56.6 Å². The van der Waals surface area contributed by atoms with Gasteiger partial charge in [0.1, 0.15) is 5.76 Å². The van der Waals surface area contributed by atoms with Crippen LogP contribution in [0, 0.1) is 6.92 Å². The Morgan fingerprint density at radius 1 is 1.20 bits per heavy atom. The van der Waals surface area contributed by atoms with Gasteiger partial charge in [-0.1, -0.05) is 5.16 Å². The molecule has 5 heteroatoms. The maximum Gasteiger partial charge on any atom is 0.175 e. The number of nitrogen functional groups attached to an aromatic ring is 1. The number of hydrogen-bond acceptors (Lipinski definition) is 5. The summed E-state index contributed by atoms with van der Waals surface area (Å²) < 4.78 is 5.30. The average Bonchev–Trinajstić information content (AvgIpc) is 3.13. The molecule has 0 unspecified atom stereocenters. The Balaban J connectivity index is 2.06. The van der Waals surface area contributed by atoms with E-state index in [2.05, 4.69) is 16.5 Å². The Hall–Kier alpha value is -2.30. The summed E-state index contributed by atoms with van der Waals surface area (Å²) in [6.45, 7) is 9.86. The minimum absolute atomic E-state index is 0.200. The van der Waals surface area contributed by atoms with E-state index in [4.69, 9.17) is 10.3 Å². The molecule has 1 aromatic heterocycles. The number of nitrogens with one attached hydrogen (secondary N) is 1. The summed E-state index contributed by atoms with van der Waals surface area (Å²) in [7, 11) is 0. The first-order valence-corrected chi connectivity index (χ1v) is 8.89. The van der Waals surface area contributed by atoms with Crippen molar-refractivity contribution in [3.05, 3.63) is 28.5 Å². The summed E-state index contributed by atoms with van der Waals surface area (Å²) in [5, 5.41) is 7.45. The molecule has 2 heterocycles. The molecule has 0 fully saturated rings. The lowest BCUT2D eigenvalue weighted by molar-refractivity contribution is -0.127. The fraction of sp³-hybridized carbons (Fsp3) is 0.500. The molecule has 0 saturated heterocycles. The first-order chi connectivity index (χ1) is 11.6. The predicted molar refractivity (Wildman–Crippen MR) is 98.8 cm³/mol. The minimum atomic E-state index is -0.569. The van der Waals surface area contributed by atoms with Crippen LogP contribution in [0.5, 0.6) is 0 Å². The van der Waals surface area contributed by atoms with Gasteiger partial charge in [-0.3, -0.25) is 4.79 Å². The molecule has 0 spiro atoms. The van der Waals surface area contributed by atoms with Gasteiger partial charge >= 0.3 is 0 Å². The molecule has 5 nitrogen and oxygen atoms in total. The van der Waals surface area contributed by atoms with Crippen molar-refractivity contribution in [3.63, 3.8) is 0 Å². The van der Waals surface area contributed by atoms with Gasteiger partial charge in [0.15, 0.2) is 11.6 Å². The molecular formula is C20H25N3O2. The van der Waals surface area contributed by atoms with E-state index in [0.29, 0.717) is 5.82 Å². The molecule has 0 saturated carbocycles. The van der Waals surface area contributed by atoms with Crippen LogP contribution in [-0.2, 0) is 23.1 Å². The molecule has 132 valence electrons. The molecule has 0 bridgehead atoms. The highest BCUT2D eigenvalue weighted by atomic mass is 16.5. The number of carbonyl (C=O) groups is 1. The topological polar surface area (TPSA) is 81.2 Å². The van der Waals surface area contributed by atoms with E-state index in [-0.39, 0.29) is 5.78 Å². The Labute approximate surface area is 148 Å². The lowest BCUT2D eigenvalue weighted by Crippen LogP contribution is -2.53. The van der Waals surface area contributed by atoms with Crippen LogP contribution < -0.4 is 11.1 Å². The van der Waals surface area contributed by atoms with Crippen molar-refractivity contribution < 1.29 is 9.32 Å². The van der Waals surface area contributed by atoms with Gasteiger partial charge in [0.2, 0.25) is 0 Å². The molecule has 2 aromatic rings. The Bertz CT molecular complexity index is 887. The predicted octanol–water partition coefficient (Wildman–Crippen LogP) is 3.77. The molecule has 1 aromatic carbocycles. The number of Topliss-reactive ketones (excluding diaryl/α,β-unsaturated/α-hetero) is 1.